The smallest absolute Gasteiger partial charge is 0.261 e. The number of benzene rings is 1. The quantitative estimate of drug-likeness (QED) is 0.374. The van der Waals surface area contributed by atoms with Gasteiger partial charge in [0.25, 0.3) is 5.56 Å². The Hall–Kier alpha value is -2.99. The van der Waals surface area contributed by atoms with Gasteiger partial charge < -0.3 is 10.3 Å². The van der Waals surface area contributed by atoms with Gasteiger partial charge in [0.15, 0.2) is 15.0 Å². The second-order valence-corrected chi connectivity index (χ2v) is 10.7. The predicted octanol–water partition coefficient (Wildman–Crippen LogP) is 0.854. The molecule has 3 heterocycles. The molecule has 0 spiro atoms. The lowest BCUT2D eigenvalue weighted by Crippen LogP contribution is -2.31. The van der Waals surface area contributed by atoms with Gasteiger partial charge in [-0.15, -0.1) is 16.8 Å². The molecule has 1 aromatic carbocycles. The zero-order valence-corrected chi connectivity index (χ0v) is 18.8. The summed E-state index contributed by atoms with van der Waals surface area (Å²) in [5.41, 5.74) is 5.54. The summed E-state index contributed by atoms with van der Waals surface area (Å²) in [4.78, 5) is 29.0. The van der Waals surface area contributed by atoms with E-state index in [1.807, 2.05) is 4.57 Å². The fourth-order valence-electron chi connectivity index (χ4n) is 3.78. The lowest BCUT2D eigenvalue weighted by Gasteiger charge is -2.13. The number of rotatable bonds is 8. The van der Waals surface area contributed by atoms with E-state index in [-0.39, 0.29) is 35.3 Å². The Kier molecular flexibility index (Phi) is 6.15. The van der Waals surface area contributed by atoms with Crippen molar-refractivity contribution in [2.24, 2.45) is 5.73 Å². The number of hydrogen-bond donors (Lipinski definition) is 1. The summed E-state index contributed by atoms with van der Waals surface area (Å²) < 4.78 is 26.9. The lowest BCUT2D eigenvalue weighted by atomic mass is 10.1. The molecule has 168 valence electrons. The Morgan fingerprint density at radius 2 is 2.06 bits per heavy atom. The molecule has 1 aliphatic heterocycles. The predicted molar refractivity (Wildman–Crippen MR) is 121 cm³/mol. The third-order valence-electron chi connectivity index (χ3n) is 5.24. The first-order valence-electron chi connectivity index (χ1n) is 9.93. The number of carbonyl (C=O) groups excluding carboxylic acids is 1. The van der Waals surface area contributed by atoms with Gasteiger partial charge in [-0.2, -0.15) is 0 Å². The van der Waals surface area contributed by atoms with Crippen LogP contribution in [0.3, 0.4) is 0 Å². The van der Waals surface area contributed by atoms with E-state index in [4.69, 9.17) is 5.73 Å². The molecule has 1 atom stereocenters. The first-order valence-corrected chi connectivity index (χ1v) is 12.7. The minimum Gasteiger partial charge on any atom is -0.368 e. The second kappa shape index (κ2) is 8.87. The van der Waals surface area contributed by atoms with Crippen LogP contribution in [0.4, 0.5) is 0 Å². The molecule has 2 aromatic heterocycles. The Balaban J connectivity index is 1.67. The molecular formula is C20H22N6O4S2. The minimum atomic E-state index is -3.07. The van der Waals surface area contributed by atoms with Gasteiger partial charge in [0.05, 0.1) is 28.2 Å². The Labute approximate surface area is 188 Å². The third-order valence-corrected chi connectivity index (χ3v) is 7.97. The molecule has 0 aliphatic carbocycles. The highest BCUT2D eigenvalue weighted by atomic mass is 32.2. The molecule has 10 nitrogen and oxygen atoms in total. The number of fused-ring (bicyclic) bond motifs is 1. The van der Waals surface area contributed by atoms with E-state index in [1.54, 1.807) is 30.3 Å². The van der Waals surface area contributed by atoms with Gasteiger partial charge in [0.2, 0.25) is 5.91 Å². The molecule has 0 bridgehead atoms. The van der Waals surface area contributed by atoms with Gasteiger partial charge >= 0.3 is 0 Å². The van der Waals surface area contributed by atoms with Crippen molar-refractivity contribution < 1.29 is 13.2 Å². The fraction of sp³-hybridized carbons (Fsp3) is 0.350. The van der Waals surface area contributed by atoms with Crippen LogP contribution in [-0.4, -0.2) is 50.1 Å². The highest BCUT2D eigenvalue weighted by Gasteiger charge is 2.33. The summed E-state index contributed by atoms with van der Waals surface area (Å²) in [5, 5.41) is 9.45. The Morgan fingerprint density at radius 1 is 1.28 bits per heavy atom. The van der Waals surface area contributed by atoms with Crippen LogP contribution in [0.25, 0.3) is 10.9 Å². The Bertz CT molecular complexity index is 1360. The van der Waals surface area contributed by atoms with Crippen LogP contribution < -0.4 is 11.3 Å². The molecule has 0 saturated carbocycles. The maximum atomic E-state index is 12.9. The van der Waals surface area contributed by atoms with Crippen LogP contribution in [0.2, 0.25) is 0 Å². The second-order valence-electron chi connectivity index (χ2n) is 7.53. The number of allylic oxidation sites excluding steroid dienone is 1. The molecule has 32 heavy (non-hydrogen) atoms. The number of nitrogens with zero attached hydrogens (tertiary/aromatic N) is 5. The van der Waals surface area contributed by atoms with E-state index in [9.17, 15) is 18.0 Å². The normalized spacial score (nSPS) is 17.6. The van der Waals surface area contributed by atoms with Gasteiger partial charge in [0.1, 0.15) is 18.2 Å². The van der Waals surface area contributed by atoms with Crippen molar-refractivity contribution in [2.75, 3.05) is 11.5 Å². The fourth-order valence-corrected chi connectivity index (χ4v) is 6.42. The number of amides is 1. The summed E-state index contributed by atoms with van der Waals surface area (Å²) >= 11 is 1.30. The standard InChI is InChI=1S/C20H22N6O4S2/c1-2-8-25-18(13-7-9-32(29,30)12-13)23-24-20(25)31-11-17-22-15-6-4-3-5-14(15)19(28)26(17)10-16(21)27/h2-6,13H,1,7-12H2,(H2,21,27). The van der Waals surface area contributed by atoms with Crippen molar-refractivity contribution in [1.29, 1.82) is 0 Å². The van der Waals surface area contributed by atoms with Crippen LogP contribution in [0.5, 0.6) is 0 Å². The molecular weight excluding hydrogens is 452 g/mol. The number of carbonyl (C=O) groups is 1. The molecule has 1 amide bonds. The Morgan fingerprint density at radius 3 is 2.75 bits per heavy atom. The molecule has 4 rings (SSSR count). The first kappa shape index (κ1) is 22.2. The summed E-state index contributed by atoms with van der Waals surface area (Å²) in [7, 11) is -3.07. The van der Waals surface area contributed by atoms with Crippen molar-refractivity contribution in [3.05, 3.63) is 58.9 Å². The molecule has 0 radical (unpaired) electrons. The van der Waals surface area contributed by atoms with Gasteiger partial charge in [0, 0.05) is 12.5 Å². The topological polar surface area (TPSA) is 143 Å². The molecule has 12 heteroatoms. The summed E-state index contributed by atoms with van der Waals surface area (Å²) in [6.45, 7) is 3.91. The number of primary amides is 1. The number of sulfone groups is 1. The van der Waals surface area contributed by atoms with E-state index >= 15 is 0 Å². The van der Waals surface area contributed by atoms with Gasteiger partial charge in [-0.1, -0.05) is 30.0 Å². The molecule has 1 fully saturated rings. The molecule has 1 aliphatic rings. The maximum absolute atomic E-state index is 12.9. The van der Waals surface area contributed by atoms with E-state index in [1.165, 1.54) is 16.3 Å². The first-order chi connectivity index (χ1) is 15.3. The van der Waals surface area contributed by atoms with Crippen LogP contribution >= 0.6 is 11.8 Å². The molecule has 3 aromatic rings. The molecule has 1 saturated heterocycles. The summed E-state index contributed by atoms with van der Waals surface area (Å²) in [6.07, 6.45) is 2.20. The number of hydrogen-bond acceptors (Lipinski definition) is 8. The van der Waals surface area contributed by atoms with Crippen LogP contribution in [0.1, 0.15) is 24.0 Å². The van der Waals surface area contributed by atoms with Crippen LogP contribution in [0.15, 0.2) is 46.9 Å². The number of thioether (sulfide) groups is 1. The van der Waals surface area contributed by atoms with E-state index < -0.39 is 15.7 Å². The van der Waals surface area contributed by atoms with E-state index in [0.29, 0.717) is 40.7 Å². The van der Waals surface area contributed by atoms with E-state index in [0.717, 1.165) is 0 Å². The van der Waals surface area contributed by atoms with Crippen molar-refractivity contribution in [2.45, 2.75) is 36.3 Å². The van der Waals surface area contributed by atoms with Gasteiger partial charge in [-0.25, -0.2) is 13.4 Å². The van der Waals surface area contributed by atoms with Gasteiger partial charge in [-0.3, -0.25) is 14.2 Å². The highest BCUT2D eigenvalue weighted by Crippen LogP contribution is 2.31. The minimum absolute atomic E-state index is 0.0529. The number of para-hydroxylation sites is 1. The lowest BCUT2D eigenvalue weighted by molar-refractivity contribution is -0.118. The number of nitrogens with two attached hydrogens (primary N) is 1. The van der Waals surface area contributed by atoms with Crippen molar-refractivity contribution >= 4 is 38.4 Å². The number of aromatic nitrogens is 5. The van der Waals surface area contributed by atoms with Crippen molar-refractivity contribution in [3.8, 4) is 0 Å². The summed E-state index contributed by atoms with van der Waals surface area (Å²) in [5.74, 6) is 0.568. The van der Waals surface area contributed by atoms with E-state index in [2.05, 4.69) is 21.8 Å². The van der Waals surface area contributed by atoms with Gasteiger partial charge in [-0.05, 0) is 18.6 Å². The largest absolute Gasteiger partial charge is 0.368 e. The third kappa shape index (κ3) is 4.46. The molecule has 2 N–H and O–H groups in total. The average molecular weight is 475 g/mol. The highest BCUT2D eigenvalue weighted by molar-refractivity contribution is 7.98. The molecule has 1 unspecified atom stereocenters. The van der Waals surface area contributed by atoms with Crippen LogP contribution in [0, 0.1) is 0 Å². The van der Waals surface area contributed by atoms with Crippen molar-refractivity contribution in [3.63, 3.8) is 0 Å². The zero-order valence-electron chi connectivity index (χ0n) is 17.2. The average Bonchev–Trinajstić information content (AvgIpc) is 3.31. The summed E-state index contributed by atoms with van der Waals surface area (Å²) in [6, 6.07) is 6.91. The SMILES string of the molecule is C=CCn1c(SCc2nc3ccccc3c(=O)n2CC(N)=O)nnc1C1CCS(=O)(=O)C1. The van der Waals surface area contributed by atoms with Crippen LogP contribution in [-0.2, 0) is 33.5 Å². The van der Waals surface area contributed by atoms with Crippen molar-refractivity contribution in [1.82, 2.24) is 24.3 Å². The monoisotopic (exact) mass is 474 g/mol. The zero-order chi connectivity index (χ0) is 22.9. The maximum Gasteiger partial charge on any atom is 0.261 e.